The molecule has 0 radical (unpaired) electrons. The van der Waals surface area contributed by atoms with Gasteiger partial charge in [-0.2, -0.15) is 13.2 Å². The van der Waals surface area contributed by atoms with Gasteiger partial charge >= 0.3 is 6.18 Å². The number of rotatable bonds is 5. The van der Waals surface area contributed by atoms with E-state index < -0.39 is 11.7 Å². The largest absolute Gasteiger partial charge is 0.489 e. The van der Waals surface area contributed by atoms with Crippen LogP contribution >= 0.6 is 34.8 Å². The molecule has 0 bridgehead atoms. The van der Waals surface area contributed by atoms with Crippen LogP contribution in [0.2, 0.25) is 5.02 Å². The van der Waals surface area contributed by atoms with E-state index in [9.17, 15) is 13.2 Å². The summed E-state index contributed by atoms with van der Waals surface area (Å²) in [6.07, 6.45) is -2.36. The summed E-state index contributed by atoms with van der Waals surface area (Å²) < 4.78 is 49.2. The average Bonchev–Trinajstić information content (AvgIpc) is 2.54. The number of hydrogen-bond acceptors (Lipinski definition) is 3. The molecule has 9 heteroatoms. The van der Waals surface area contributed by atoms with Crippen LogP contribution in [0.1, 0.15) is 16.7 Å². The van der Waals surface area contributed by atoms with Crippen LogP contribution in [0.25, 0.3) is 0 Å². The van der Waals surface area contributed by atoms with Crippen molar-refractivity contribution in [2.45, 2.75) is 20.0 Å². The summed E-state index contributed by atoms with van der Waals surface area (Å²) in [5.74, 6) is 0.870. The van der Waals surface area contributed by atoms with E-state index in [1.165, 1.54) is 6.08 Å². The number of benzene rings is 1. The van der Waals surface area contributed by atoms with Crippen LogP contribution in [0.4, 0.5) is 13.2 Å². The number of hydrogen-bond donors (Lipinski definition) is 0. The van der Waals surface area contributed by atoms with Crippen molar-refractivity contribution in [3.8, 4) is 17.4 Å². The van der Waals surface area contributed by atoms with Crippen molar-refractivity contribution in [3.05, 3.63) is 56.7 Å². The SMILES string of the molecule is Cc1c(OCC=C(Cl)Cl)ccc(Oc2ncc(C(F)(F)F)cc2Cl)c1C. The summed E-state index contributed by atoms with van der Waals surface area (Å²) in [5.41, 5.74) is 0.559. The molecule has 1 heterocycles. The molecule has 0 unspecified atom stereocenters. The first-order chi connectivity index (χ1) is 12.1. The highest BCUT2D eigenvalue weighted by Gasteiger charge is 2.31. The van der Waals surface area contributed by atoms with Crippen LogP contribution in [-0.4, -0.2) is 11.6 Å². The Kier molecular flexibility index (Phi) is 6.66. The van der Waals surface area contributed by atoms with Gasteiger partial charge in [0.05, 0.1) is 5.56 Å². The number of nitrogens with zero attached hydrogens (tertiary/aromatic N) is 1. The number of alkyl halides is 3. The molecular formula is C17H13Cl3F3NO2. The second-order valence-corrected chi connectivity index (χ2v) is 6.64. The Hall–Kier alpha value is -1.63. The van der Waals surface area contributed by atoms with Crippen molar-refractivity contribution in [3.63, 3.8) is 0 Å². The molecule has 0 amide bonds. The first-order valence-electron chi connectivity index (χ1n) is 7.24. The summed E-state index contributed by atoms with van der Waals surface area (Å²) in [4.78, 5) is 3.66. The van der Waals surface area contributed by atoms with Crippen LogP contribution in [-0.2, 0) is 6.18 Å². The van der Waals surface area contributed by atoms with Crippen molar-refractivity contribution in [1.29, 1.82) is 0 Å². The smallest absolute Gasteiger partial charge is 0.417 e. The number of halogens is 6. The lowest BCUT2D eigenvalue weighted by Crippen LogP contribution is -2.06. The van der Waals surface area contributed by atoms with Gasteiger partial charge in [-0.3, -0.25) is 0 Å². The van der Waals surface area contributed by atoms with Crippen molar-refractivity contribution in [2.24, 2.45) is 0 Å². The molecular weight excluding hydrogens is 414 g/mol. The molecule has 0 spiro atoms. The summed E-state index contributed by atoms with van der Waals surface area (Å²) >= 11 is 16.9. The zero-order valence-corrected chi connectivity index (χ0v) is 15.9. The number of ether oxygens (including phenoxy) is 2. The molecule has 140 valence electrons. The van der Waals surface area contributed by atoms with Crippen LogP contribution in [0.3, 0.4) is 0 Å². The highest BCUT2D eigenvalue weighted by atomic mass is 35.5. The third-order valence-electron chi connectivity index (χ3n) is 3.51. The zero-order chi connectivity index (χ0) is 19.5. The second-order valence-electron chi connectivity index (χ2n) is 5.23. The van der Waals surface area contributed by atoms with E-state index in [1.54, 1.807) is 19.1 Å². The minimum atomic E-state index is -4.53. The lowest BCUT2D eigenvalue weighted by molar-refractivity contribution is -0.137. The summed E-state index contributed by atoms with van der Waals surface area (Å²) in [6.45, 7) is 3.78. The minimum absolute atomic E-state index is 0.0994. The maximum atomic E-state index is 12.7. The van der Waals surface area contributed by atoms with Gasteiger partial charge in [-0.05, 0) is 49.2 Å². The minimum Gasteiger partial charge on any atom is -0.489 e. The average molecular weight is 427 g/mol. The Morgan fingerprint density at radius 3 is 2.35 bits per heavy atom. The van der Waals surface area contributed by atoms with Gasteiger partial charge in [0.1, 0.15) is 27.6 Å². The molecule has 2 aromatic rings. The maximum absolute atomic E-state index is 12.7. The molecule has 0 saturated heterocycles. The molecule has 1 aromatic heterocycles. The number of pyridine rings is 1. The Bertz CT molecular complexity index is 835. The molecule has 0 atom stereocenters. The molecule has 0 aliphatic rings. The van der Waals surface area contributed by atoms with Gasteiger partial charge in [0.2, 0.25) is 5.88 Å². The van der Waals surface area contributed by atoms with Gasteiger partial charge in [0, 0.05) is 6.20 Å². The van der Waals surface area contributed by atoms with Gasteiger partial charge in [-0.15, -0.1) is 0 Å². The molecule has 26 heavy (non-hydrogen) atoms. The van der Waals surface area contributed by atoms with Gasteiger partial charge in [0.15, 0.2) is 0 Å². The fourth-order valence-corrected chi connectivity index (χ4v) is 2.32. The fourth-order valence-electron chi connectivity index (χ4n) is 1.99. The van der Waals surface area contributed by atoms with Crippen LogP contribution in [0.15, 0.2) is 35.0 Å². The Morgan fingerprint density at radius 1 is 1.15 bits per heavy atom. The van der Waals surface area contributed by atoms with Crippen LogP contribution < -0.4 is 9.47 Å². The number of aromatic nitrogens is 1. The van der Waals surface area contributed by atoms with Crippen molar-refractivity contribution < 1.29 is 22.6 Å². The second kappa shape index (κ2) is 8.37. The zero-order valence-electron chi connectivity index (χ0n) is 13.6. The quantitative estimate of drug-likeness (QED) is 0.523. The van der Waals surface area contributed by atoms with Crippen molar-refractivity contribution in [1.82, 2.24) is 4.98 Å². The predicted octanol–water partition coefficient (Wildman–Crippen LogP) is 6.86. The molecule has 0 saturated carbocycles. The molecule has 0 N–H and O–H groups in total. The van der Waals surface area contributed by atoms with Crippen molar-refractivity contribution in [2.75, 3.05) is 6.61 Å². The lowest BCUT2D eigenvalue weighted by Gasteiger charge is -2.15. The van der Waals surface area contributed by atoms with Crippen LogP contribution in [0.5, 0.6) is 17.4 Å². The van der Waals surface area contributed by atoms with Gasteiger partial charge in [0.25, 0.3) is 0 Å². The van der Waals surface area contributed by atoms with Gasteiger partial charge < -0.3 is 9.47 Å². The summed E-state index contributed by atoms with van der Waals surface area (Å²) in [7, 11) is 0. The maximum Gasteiger partial charge on any atom is 0.417 e. The van der Waals surface area contributed by atoms with Crippen LogP contribution in [0, 0.1) is 13.8 Å². The van der Waals surface area contributed by atoms with E-state index in [2.05, 4.69) is 4.98 Å². The highest BCUT2D eigenvalue weighted by Crippen LogP contribution is 2.37. The van der Waals surface area contributed by atoms with E-state index >= 15 is 0 Å². The standard InChI is InChI=1S/C17H13Cl3F3NO2/c1-9-10(2)14(4-3-13(9)25-6-5-15(19)20)26-16-12(18)7-11(8-24-16)17(21,22)23/h3-5,7-8H,6H2,1-2H3. The Morgan fingerprint density at radius 2 is 1.77 bits per heavy atom. The topological polar surface area (TPSA) is 31.4 Å². The normalized spacial score (nSPS) is 11.2. The van der Waals surface area contributed by atoms with E-state index in [-0.39, 0.29) is 22.0 Å². The molecule has 3 nitrogen and oxygen atoms in total. The molecule has 1 aromatic carbocycles. The third kappa shape index (κ3) is 5.19. The highest BCUT2D eigenvalue weighted by molar-refractivity contribution is 6.55. The summed E-state index contributed by atoms with van der Waals surface area (Å²) in [5, 5.41) is -0.237. The molecule has 0 aliphatic heterocycles. The monoisotopic (exact) mass is 425 g/mol. The van der Waals surface area contributed by atoms with E-state index in [4.69, 9.17) is 44.3 Å². The van der Waals surface area contributed by atoms with E-state index in [1.807, 2.05) is 6.92 Å². The van der Waals surface area contributed by atoms with Gasteiger partial charge in [-0.1, -0.05) is 34.8 Å². The predicted molar refractivity (Wildman–Crippen MR) is 95.5 cm³/mol. The molecule has 0 fully saturated rings. The Balaban J connectivity index is 2.23. The van der Waals surface area contributed by atoms with E-state index in [0.29, 0.717) is 17.7 Å². The molecule has 0 aliphatic carbocycles. The lowest BCUT2D eigenvalue weighted by atomic mass is 10.1. The van der Waals surface area contributed by atoms with Gasteiger partial charge in [-0.25, -0.2) is 4.98 Å². The Labute approximate surface area is 163 Å². The third-order valence-corrected chi connectivity index (χ3v) is 4.09. The summed E-state index contributed by atoms with van der Waals surface area (Å²) in [6, 6.07) is 4.04. The molecule has 2 rings (SSSR count). The van der Waals surface area contributed by atoms with Crippen molar-refractivity contribution >= 4 is 34.8 Å². The fraction of sp³-hybridized carbons (Fsp3) is 0.235. The first kappa shape index (κ1) is 20.7. The van der Waals surface area contributed by atoms with E-state index in [0.717, 1.165) is 17.2 Å². The first-order valence-corrected chi connectivity index (χ1v) is 8.37.